The van der Waals surface area contributed by atoms with Gasteiger partial charge in [-0.15, -0.1) is 0 Å². The summed E-state index contributed by atoms with van der Waals surface area (Å²) >= 11 is 0. The Balaban J connectivity index is 1.48. The van der Waals surface area contributed by atoms with Crippen molar-refractivity contribution in [1.29, 1.82) is 0 Å². The van der Waals surface area contributed by atoms with Crippen LogP contribution in [0.2, 0.25) is 0 Å². The zero-order valence-corrected chi connectivity index (χ0v) is 35.3. The number of amides is 2. The van der Waals surface area contributed by atoms with Gasteiger partial charge in [0.1, 0.15) is 0 Å². The van der Waals surface area contributed by atoms with Gasteiger partial charge in [-0.2, -0.15) is 0 Å². The van der Waals surface area contributed by atoms with Crippen LogP contribution in [0.15, 0.2) is 109 Å². The van der Waals surface area contributed by atoms with E-state index in [-0.39, 0.29) is 11.8 Å². The van der Waals surface area contributed by atoms with Gasteiger partial charge in [0.15, 0.2) is 0 Å². The standard InChI is InChI=1S/C52H62N4O2/c1-5-9-19-31-55(32-20-10-6-2)51(57)45-37-49(39-23-15-13-16-24-39)53-47-29-27-41(35-43(45)47)42-28-30-48-44(36-42)46(38-50(54-48)40-25-17-14-18-26-40)52(58)56(33-21-11-7-3)34-22-12-8-4/h13-18,23-30,35-38H,5-12,19-22,31-34H2,1-4H3. The molecule has 0 spiro atoms. The lowest BCUT2D eigenvalue weighted by molar-refractivity contribution is 0.0744. The minimum Gasteiger partial charge on any atom is -0.339 e. The predicted molar refractivity (Wildman–Crippen MR) is 243 cm³/mol. The lowest BCUT2D eigenvalue weighted by Gasteiger charge is -2.24. The molecule has 0 saturated carbocycles. The molecule has 0 aliphatic heterocycles. The van der Waals surface area contributed by atoms with Crippen molar-refractivity contribution in [3.8, 4) is 33.6 Å². The molecule has 0 atom stereocenters. The second kappa shape index (κ2) is 21.4. The highest BCUT2D eigenvalue weighted by atomic mass is 16.2. The summed E-state index contributed by atoms with van der Waals surface area (Å²) in [6.07, 6.45) is 12.8. The van der Waals surface area contributed by atoms with Crippen LogP contribution in [0.3, 0.4) is 0 Å². The summed E-state index contributed by atoms with van der Waals surface area (Å²) in [6, 6.07) is 36.8. The molecule has 0 fully saturated rings. The largest absolute Gasteiger partial charge is 0.339 e. The van der Waals surface area contributed by atoms with Crippen molar-refractivity contribution in [2.45, 2.75) is 105 Å². The zero-order valence-electron chi connectivity index (χ0n) is 35.3. The number of hydrogen-bond acceptors (Lipinski definition) is 4. The summed E-state index contributed by atoms with van der Waals surface area (Å²) in [5.74, 6) is 0.119. The average molecular weight is 775 g/mol. The first-order chi connectivity index (χ1) is 28.4. The number of aromatic nitrogens is 2. The Hall–Kier alpha value is -5.36. The summed E-state index contributed by atoms with van der Waals surface area (Å²) in [7, 11) is 0. The molecule has 302 valence electrons. The van der Waals surface area contributed by atoms with Crippen molar-refractivity contribution in [3.63, 3.8) is 0 Å². The van der Waals surface area contributed by atoms with Crippen LogP contribution >= 0.6 is 0 Å². The summed E-state index contributed by atoms with van der Waals surface area (Å²) in [5, 5.41) is 1.68. The maximum Gasteiger partial charge on any atom is 0.254 e. The fourth-order valence-corrected chi connectivity index (χ4v) is 7.86. The fraction of sp³-hybridized carbons (Fsp3) is 0.385. The molecule has 0 unspecified atom stereocenters. The molecule has 58 heavy (non-hydrogen) atoms. The number of carbonyl (C=O) groups excluding carboxylic acids is 2. The molecule has 0 aliphatic carbocycles. The van der Waals surface area contributed by atoms with Gasteiger partial charge < -0.3 is 9.80 Å². The SMILES string of the molecule is CCCCCN(CCCCC)C(=O)c1cc(-c2ccccc2)nc2ccc(-c3ccc4nc(-c5ccccc5)cc(C(=O)N(CCCCC)CCCCC)c4c3)cc12. The van der Waals surface area contributed by atoms with Gasteiger partial charge in [-0.3, -0.25) is 9.59 Å². The Kier molecular flexibility index (Phi) is 15.6. The van der Waals surface area contributed by atoms with Gasteiger partial charge in [-0.05, 0) is 73.2 Å². The molecule has 0 bridgehead atoms. The van der Waals surface area contributed by atoms with E-state index in [9.17, 15) is 9.59 Å². The molecule has 0 aliphatic rings. The normalized spacial score (nSPS) is 11.3. The lowest BCUT2D eigenvalue weighted by atomic mass is 9.95. The first kappa shape index (κ1) is 42.3. The van der Waals surface area contributed by atoms with Gasteiger partial charge in [0, 0.05) is 48.1 Å². The van der Waals surface area contributed by atoms with Crippen LogP contribution in [0.5, 0.6) is 0 Å². The van der Waals surface area contributed by atoms with Crippen molar-refractivity contribution >= 4 is 33.6 Å². The minimum absolute atomic E-state index is 0.0595. The van der Waals surface area contributed by atoms with E-state index in [0.717, 1.165) is 159 Å². The Morgan fingerprint density at radius 3 is 1.09 bits per heavy atom. The molecule has 6 aromatic rings. The van der Waals surface area contributed by atoms with Gasteiger partial charge in [0.25, 0.3) is 11.8 Å². The van der Waals surface area contributed by atoms with E-state index >= 15 is 0 Å². The third-order valence-electron chi connectivity index (χ3n) is 11.3. The van der Waals surface area contributed by atoms with Crippen LogP contribution in [-0.2, 0) is 0 Å². The monoisotopic (exact) mass is 774 g/mol. The summed E-state index contributed by atoms with van der Waals surface area (Å²) in [6.45, 7) is 11.8. The van der Waals surface area contributed by atoms with Crippen molar-refractivity contribution < 1.29 is 9.59 Å². The van der Waals surface area contributed by atoms with Crippen LogP contribution in [0, 0.1) is 0 Å². The van der Waals surface area contributed by atoms with E-state index in [1.54, 1.807) is 0 Å². The molecule has 2 amide bonds. The van der Waals surface area contributed by atoms with Gasteiger partial charge in [-0.25, -0.2) is 9.97 Å². The highest BCUT2D eigenvalue weighted by molar-refractivity contribution is 6.10. The number of benzene rings is 4. The maximum absolute atomic E-state index is 14.7. The van der Waals surface area contributed by atoms with Gasteiger partial charge in [0.05, 0.1) is 33.5 Å². The van der Waals surface area contributed by atoms with E-state index in [1.807, 2.05) is 60.7 Å². The van der Waals surface area contributed by atoms with Gasteiger partial charge >= 0.3 is 0 Å². The molecule has 2 aromatic heterocycles. The number of unbranched alkanes of at least 4 members (excludes halogenated alkanes) is 8. The van der Waals surface area contributed by atoms with Crippen molar-refractivity contribution in [3.05, 3.63) is 120 Å². The molecule has 0 N–H and O–H groups in total. The third kappa shape index (κ3) is 10.6. The minimum atomic E-state index is 0.0595. The summed E-state index contributed by atoms with van der Waals surface area (Å²) < 4.78 is 0. The van der Waals surface area contributed by atoms with Crippen LogP contribution in [0.4, 0.5) is 0 Å². The lowest BCUT2D eigenvalue weighted by Crippen LogP contribution is -2.33. The van der Waals surface area contributed by atoms with E-state index in [1.165, 1.54) is 0 Å². The molecular formula is C52H62N4O2. The van der Waals surface area contributed by atoms with Crippen LogP contribution in [-0.4, -0.2) is 57.8 Å². The van der Waals surface area contributed by atoms with Crippen LogP contribution in [0.1, 0.15) is 125 Å². The zero-order chi connectivity index (χ0) is 40.7. The molecule has 0 saturated heterocycles. The molecular weight excluding hydrogens is 713 g/mol. The number of pyridine rings is 2. The smallest absolute Gasteiger partial charge is 0.254 e. The Labute approximate surface area is 346 Å². The molecule has 4 aromatic carbocycles. The van der Waals surface area contributed by atoms with E-state index in [4.69, 9.17) is 9.97 Å². The summed E-state index contributed by atoms with van der Waals surface area (Å²) in [5.41, 5.74) is 8.43. The summed E-state index contributed by atoms with van der Waals surface area (Å²) in [4.78, 5) is 43.8. The van der Waals surface area contributed by atoms with E-state index in [0.29, 0.717) is 11.1 Å². The predicted octanol–water partition coefficient (Wildman–Crippen LogP) is 13.4. The molecule has 2 heterocycles. The molecule has 6 heteroatoms. The fourth-order valence-electron chi connectivity index (χ4n) is 7.86. The van der Waals surface area contributed by atoms with Gasteiger partial charge in [0.2, 0.25) is 0 Å². The Bertz CT molecular complexity index is 2070. The third-order valence-corrected chi connectivity index (χ3v) is 11.3. The number of fused-ring (bicyclic) bond motifs is 2. The average Bonchev–Trinajstić information content (AvgIpc) is 3.27. The Morgan fingerprint density at radius 2 is 0.759 bits per heavy atom. The maximum atomic E-state index is 14.7. The molecule has 0 radical (unpaired) electrons. The van der Waals surface area contributed by atoms with E-state index < -0.39 is 0 Å². The van der Waals surface area contributed by atoms with E-state index in [2.05, 4.69) is 86.0 Å². The number of nitrogens with zero attached hydrogens (tertiary/aromatic N) is 4. The first-order valence-electron chi connectivity index (χ1n) is 22.0. The first-order valence-corrected chi connectivity index (χ1v) is 22.0. The van der Waals surface area contributed by atoms with Crippen molar-refractivity contribution in [2.75, 3.05) is 26.2 Å². The van der Waals surface area contributed by atoms with Crippen molar-refractivity contribution in [1.82, 2.24) is 19.8 Å². The number of carbonyl (C=O) groups is 2. The topological polar surface area (TPSA) is 66.4 Å². The second-order valence-electron chi connectivity index (χ2n) is 15.7. The highest BCUT2D eigenvalue weighted by Gasteiger charge is 2.23. The van der Waals surface area contributed by atoms with Gasteiger partial charge in [-0.1, -0.05) is 152 Å². The molecule has 6 rings (SSSR count). The number of rotatable bonds is 21. The Morgan fingerprint density at radius 1 is 0.414 bits per heavy atom. The molecule has 6 nitrogen and oxygen atoms in total. The quantitative estimate of drug-likeness (QED) is 0.0683. The number of hydrogen-bond donors (Lipinski definition) is 0. The van der Waals surface area contributed by atoms with Crippen LogP contribution in [0.25, 0.3) is 55.4 Å². The van der Waals surface area contributed by atoms with Crippen LogP contribution < -0.4 is 0 Å². The van der Waals surface area contributed by atoms with Crippen molar-refractivity contribution in [2.24, 2.45) is 0 Å². The second-order valence-corrected chi connectivity index (χ2v) is 15.7. The highest BCUT2D eigenvalue weighted by Crippen LogP contribution is 2.34.